The Hall–Kier alpha value is -2.29. The first kappa shape index (κ1) is 12.7. The third-order valence-electron chi connectivity index (χ3n) is 3.86. The highest BCUT2D eigenvalue weighted by molar-refractivity contribution is 5.99. The van der Waals surface area contributed by atoms with E-state index in [1.165, 1.54) is 11.1 Å². The lowest BCUT2D eigenvalue weighted by atomic mass is 10.0. The van der Waals surface area contributed by atoms with E-state index >= 15 is 0 Å². The van der Waals surface area contributed by atoms with Crippen molar-refractivity contribution in [3.8, 4) is 0 Å². The number of para-hydroxylation sites is 1. The molecule has 1 heterocycles. The van der Waals surface area contributed by atoms with Crippen LogP contribution in [0.25, 0.3) is 0 Å². The highest BCUT2D eigenvalue weighted by atomic mass is 16.6. The summed E-state index contributed by atoms with van der Waals surface area (Å²) in [4.78, 5) is 14.1. The van der Waals surface area contributed by atoms with Gasteiger partial charge in [-0.05, 0) is 50.1 Å². The van der Waals surface area contributed by atoms with E-state index in [0.29, 0.717) is 5.56 Å². The second-order valence-corrected chi connectivity index (χ2v) is 5.11. The maximum Gasteiger partial charge on any atom is 0.342 e. The van der Waals surface area contributed by atoms with E-state index in [-0.39, 0.29) is 12.2 Å². The van der Waals surface area contributed by atoms with Crippen molar-refractivity contribution in [2.75, 3.05) is 4.90 Å². The number of rotatable bonds is 1. The van der Waals surface area contributed by atoms with Crippen LogP contribution < -0.4 is 4.90 Å². The molecule has 0 radical (unpaired) electrons. The molecule has 3 nitrogen and oxygen atoms in total. The minimum absolute atomic E-state index is 0.255. The lowest BCUT2D eigenvalue weighted by Gasteiger charge is -2.37. The summed E-state index contributed by atoms with van der Waals surface area (Å²) in [7, 11) is 0. The molecule has 1 unspecified atom stereocenters. The Morgan fingerprint density at radius 3 is 2.50 bits per heavy atom. The van der Waals surface area contributed by atoms with Crippen molar-refractivity contribution in [2.24, 2.45) is 0 Å². The highest BCUT2D eigenvalue weighted by Crippen LogP contribution is 2.37. The normalized spacial score (nSPS) is 17.6. The topological polar surface area (TPSA) is 29.5 Å². The zero-order chi connectivity index (χ0) is 14.3. The van der Waals surface area contributed by atoms with Crippen LogP contribution in [0.5, 0.6) is 0 Å². The summed E-state index contributed by atoms with van der Waals surface area (Å²) < 4.78 is 5.46. The molecular formula is C17H17NO2. The largest absolute Gasteiger partial charge is 0.438 e. The summed E-state index contributed by atoms with van der Waals surface area (Å²) in [6.07, 6.45) is -0.308. The molecule has 2 aromatic rings. The molecule has 0 amide bonds. The van der Waals surface area contributed by atoms with Gasteiger partial charge in [0, 0.05) is 5.69 Å². The number of fused-ring (bicyclic) bond motifs is 1. The van der Waals surface area contributed by atoms with Crippen LogP contribution in [0.15, 0.2) is 42.5 Å². The van der Waals surface area contributed by atoms with E-state index in [1.807, 2.05) is 37.3 Å². The summed E-state index contributed by atoms with van der Waals surface area (Å²) in [5.74, 6) is -0.255. The Morgan fingerprint density at radius 2 is 1.70 bits per heavy atom. The van der Waals surface area contributed by atoms with Gasteiger partial charge in [0.25, 0.3) is 0 Å². The second-order valence-electron chi connectivity index (χ2n) is 5.11. The first-order valence-corrected chi connectivity index (χ1v) is 6.75. The van der Waals surface area contributed by atoms with Gasteiger partial charge in [0.05, 0.1) is 11.3 Å². The van der Waals surface area contributed by atoms with Crippen molar-refractivity contribution in [3.05, 3.63) is 59.2 Å². The van der Waals surface area contributed by atoms with E-state index in [2.05, 4.69) is 30.9 Å². The molecule has 0 N–H and O–H groups in total. The van der Waals surface area contributed by atoms with Gasteiger partial charge in [0.2, 0.25) is 0 Å². The summed E-state index contributed by atoms with van der Waals surface area (Å²) in [5, 5.41) is 0. The lowest BCUT2D eigenvalue weighted by molar-refractivity contribution is 0.0323. The molecule has 1 atom stereocenters. The van der Waals surface area contributed by atoms with Crippen LogP contribution in [0.4, 0.5) is 11.4 Å². The molecule has 0 spiro atoms. The van der Waals surface area contributed by atoms with Gasteiger partial charge in [-0.2, -0.15) is 0 Å². The van der Waals surface area contributed by atoms with Gasteiger partial charge in [0.15, 0.2) is 6.23 Å². The first-order valence-electron chi connectivity index (χ1n) is 6.75. The van der Waals surface area contributed by atoms with E-state index in [1.54, 1.807) is 0 Å². The second kappa shape index (κ2) is 4.67. The van der Waals surface area contributed by atoms with Crippen LogP contribution in [0.3, 0.4) is 0 Å². The number of ether oxygens (including phenoxy) is 1. The number of hydrogen-bond donors (Lipinski definition) is 0. The predicted octanol–water partition coefficient (Wildman–Crippen LogP) is 3.96. The summed E-state index contributed by atoms with van der Waals surface area (Å²) in [5.41, 5.74) is 5.03. The molecule has 0 bridgehead atoms. The maximum atomic E-state index is 12.0. The molecule has 0 aromatic heterocycles. The number of benzene rings is 2. The fourth-order valence-electron chi connectivity index (χ4n) is 2.65. The van der Waals surface area contributed by atoms with Gasteiger partial charge in [-0.25, -0.2) is 4.79 Å². The van der Waals surface area contributed by atoms with E-state index in [0.717, 1.165) is 11.4 Å². The van der Waals surface area contributed by atoms with Crippen LogP contribution in [-0.2, 0) is 4.74 Å². The standard InChI is InChI=1S/C17H17NO2/c1-11-7-6-10-15(12(11)2)18-13(3)20-17(19)14-8-4-5-9-16(14)18/h4-10,13H,1-3H3. The Bertz CT molecular complexity index is 678. The van der Waals surface area contributed by atoms with Gasteiger partial charge < -0.3 is 9.64 Å². The summed E-state index contributed by atoms with van der Waals surface area (Å²) >= 11 is 0. The zero-order valence-electron chi connectivity index (χ0n) is 11.9. The molecule has 0 saturated carbocycles. The molecule has 0 fully saturated rings. The molecular weight excluding hydrogens is 250 g/mol. The predicted molar refractivity (Wildman–Crippen MR) is 79.4 cm³/mol. The van der Waals surface area contributed by atoms with Crippen LogP contribution in [0.2, 0.25) is 0 Å². The van der Waals surface area contributed by atoms with Crippen LogP contribution >= 0.6 is 0 Å². The molecule has 102 valence electrons. The van der Waals surface area contributed by atoms with Crippen LogP contribution in [0, 0.1) is 13.8 Å². The van der Waals surface area contributed by atoms with E-state index < -0.39 is 0 Å². The van der Waals surface area contributed by atoms with E-state index in [9.17, 15) is 4.79 Å². The van der Waals surface area contributed by atoms with Crippen molar-refractivity contribution in [2.45, 2.75) is 27.0 Å². The number of nitrogens with zero attached hydrogens (tertiary/aromatic N) is 1. The van der Waals surface area contributed by atoms with Crippen LogP contribution in [0.1, 0.15) is 28.4 Å². The molecule has 2 aromatic carbocycles. The van der Waals surface area contributed by atoms with Crippen molar-refractivity contribution in [3.63, 3.8) is 0 Å². The van der Waals surface area contributed by atoms with E-state index in [4.69, 9.17) is 4.74 Å². The van der Waals surface area contributed by atoms with Gasteiger partial charge in [-0.15, -0.1) is 0 Å². The number of carbonyl (C=O) groups is 1. The Labute approximate surface area is 118 Å². The number of carbonyl (C=O) groups excluding carboxylic acids is 1. The molecule has 3 heteroatoms. The average molecular weight is 267 g/mol. The average Bonchev–Trinajstić information content (AvgIpc) is 2.43. The third kappa shape index (κ3) is 1.86. The number of hydrogen-bond acceptors (Lipinski definition) is 3. The fraction of sp³-hybridized carbons (Fsp3) is 0.235. The molecule has 1 aliphatic rings. The van der Waals surface area contributed by atoms with Crippen molar-refractivity contribution < 1.29 is 9.53 Å². The minimum Gasteiger partial charge on any atom is -0.438 e. The van der Waals surface area contributed by atoms with Gasteiger partial charge in [-0.1, -0.05) is 24.3 Å². The lowest BCUT2D eigenvalue weighted by Crippen LogP contribution is -2.38. The van der Waals surface area contributed by atoms with Crippen molar-refractivity contribution in [1.82, 2.24) is 0 Å². The van der Waals surface area contributed by atoms with Gasteiger partial charge >= 0.3 is 5.97 Å². The molecule has 0 saturated heterocycles. The number of anilines is 2. The zero-order valence-corrected chi connectivity index (χ0v) is 11.9. The molecule has 0 aliphatic carbocycles. The number of aryl methyl sites for hydroxylation is 1. The molecule has 3 rings (SSSR count). The number of esters is 1. The summed E-state index contributed by atoms with van der Waals surface area (Å²) in [6.45, 7) is 6.08. The van der Waals surface area contributed by atoms with Gasteiger partial charge in [0.1, 0.15) is 0 Å². The van der Waals surface area contributed by atoms with Gasteiger partial charge in [-0.3, -0.25) is 0 Å². The minimum atomic E-state index is -0.308. The highest BCUT2D eigenvalue weighted by Gasteiger charge is 2.31. The molecule has 1 aliphatic heterocycles. The Morgan fingerprint density at radius 1 is 1.00 bits per heavy atom. The SMILES string of the molecule is Cc1cccc(N2c3ccccc3C(=O)OC2C)c1C. The fourth-order valence-corrected chi connectivity index (χ4v) is 2.65. The van der Waals surface area contributed by atoms with Crippen molar-refractivity contribution >= 4 is 17.3 Å². The molecule has 20 heavy (non-hydrogen) atoms. The Balaban J connectivity index is 2.20. The Kier molecular flexibility index (Phi) is 2.97. The van der Waals surface area contributed by atoms with Crippen molar-refractivity contribution in [1.29, 1.82) is 0 Å². The monoisotopic (exact) mass is 267 g/mol. The maximum absolute atomic E-state index is 12.0. The smallest absolute Gasteiger partial charge is 0.342 e. The summed E-state index contributed by atoms with van der Waals surface area (Å²) in [6, 6.07) is 13.8. The first-order chi connectivity index (χ1) is 9.59. The number of cyclic esters (lactones) is 1. The van der Waals surface area contributed by atoms with Crippen LogP contribution in [-0.4, -0.2) is 12.2 Å². The quantitative estimate of drug-likeness (QED) is 0.732. The third-order valence-corrected chi connectivity index (χ3v) is 3.86.